The third kappa shape index (κ3) is 7.29. The second-order valence-corrected chi connectivity index (χ2v) is 12.1. The van der Waals surface area contributed by atoms with Gasteiger partial charge in [-0.1, -0.05) is 13.8 Å². The molecule has 10 nitrogen and oxygen atoms in total. The van der Waals surface area contributed by atoms with Crippen LogP contribution in [-0.2, 0) is 19.7 Å². The van der Waals surface area contributed by atoms with Gasteiger partial charge >= 0.3 is 6.09 Å². The highest BCUT2D eigenvalue weighted by molar-refractivity contribution is 7.86. The van der Waals surface area contributed by atoms with Gasteiger partial charge in [0, 0.05) is 58.9 Å². The fraction of sp³-hybridized carbons (Fsp3) is 0.913. The molecule has 0 spiro atoms. The molecule has 3 atom stereocenters. The summed E-state index contributed by atoms with van der Waals surface area (Å²) in [4.78, 5) is 28.7. The number of rotatable bonds is 8. The number of nitrogens with one attached hydrogen (secondary N) is 1. The Morgan fingerprint density at radius 1 is 0.971 bits per heavy atom. The number of amides is 2. The van der Waals surface area contributed by atoms with Crippen molar-refractivity contribution in [1.82, 2.24) is 23.7 Å². The van der Waals surface area contributed by atoms with Gasteiger partial charge in [-0.2, -0.15) is 17.0 Å². The maximum absolute atomic E-state index is 13.2. The van der Waals surface area contributed by atoms with E-state index in [1.807, 2.05) is 0 Å². The molecule has 0 aliphatic carbocycles. The maximum atomic E-state index is 13.2. The van der Waals surface area contributed by atoms with Crippen molar-refractivity contribution in [3.63, 3.8) is 0 Å². The van der Waals surface area contributed by atoms with Gasteiger partial charge in [-0.3, -0.25) is 4.79 Å². The number of likely N-dealkylation sites (tertiary alicyclic amines) is 1. The topological polar surface area (TPSA) is 102 Å². The predicted octanol–water partition coefficient (Wildman–Crippen LogP) is 1.20. The highest BCUT2D eigenvalue weighted by Crippen LogP contribution is 2.23. The molecule has 3 saturated heterocycles. The quantitative estimate of drug-likeness (QED) is 0.502. The Labute approximate surface area is 205 Å². The van der Waals surface area contributed by atoms with Crippen LogP contribution in [0.3, 0.4) is 0 Å². The highest BCUT2D eigenvalue weighted by Gasteiger charge is 2.37. The lowest BCUT2D eigenvalue weighted by molar-refractivity contribution is -0.126. The first-order valence-corrected chi connectivity index (χ1v) is 14.3. The molecule has 34 heavy (non-hydrogen) atoms. The summed E-state index contributed by atoms with van der Waals surface area (Å²) in [7, 11) is -3.66. The van der Waals surface area contributed by atoms with E-state index in [-0.39, 0.29) is 31.5 Å². The second kappa shape index (κ2) is 12.5. The molecule has 0 aromatic rings. The summed E-state index contributed by atoms with van der Waals surface area (Å²) in [5.41, 5.74) is 0. The van der Waals surface area contributed by atoms with Crippen molar-refractivity contribution < 1.29 is 22.7 Å². The maximum Gasteiger partial charge on any atom is 0.409 e. The minimum Gasteiger partial charge on any atom is -0.450 e. The van der Waals surface area contributed by atoms with Crippen molar-refractivity contribution in [3.05, 3.63) is 0 Å². The van der Waals surface area contributed by atoms with E-state index >= 15 is 0 Å². The lowest BCUT2D eigenvalue weighted by Crippen LogP contribution is -2.56. The molecule has 0 saturated carbocycles. The minimum atomic E-state index is -3.66. The highest BCUT2D eigenvalue weighted by atomic mass is 32.2. The Morgan fingerprint density at radius 2 is 1.65 bits per heavy atom. The molecule has 3 aliphatic heterocycles. The first-order valence-electron chi connectivity index (χ1n) is 12.9. The number of ether oxygens (including phenoxy) is 1. The van der Waals surface area contributed by atoms with Gasteiger partial charge in [-0.05, 0) is 51.0 Å². The lowest BCUT2D eigenvalue weighted by atomic mass is 9.92. The van der Waals surface area contributed by atoms with Crippen molar-refractivity contribution in [2.45, 2.75) is 46.5 Å². The second-order valence-electron chi connectivity index (χ2n) is 10.1. The molecular formula is C23H43N5O5S. The van der Waals surface area contributed by atoms with E-state index in [0.717, 1.165) is 37.9 Å². The van der Waals surface area contributed by atoms with Crippen molar-refractivity contribution in [2.24, 2.45) is 17.8 Å². The number of piperazine rings is 1. The number of piperidine rings is 2. The Balaban J connectivity index is 1.42. The molecular weight excluding hydrogens is 458 g/mol. The number of hydrogen-bond acceptors (Lipinski definition) is 6. The first-order chi connectivity index (χ1) is 16.2. The molecule has 0 bridgehead atoms. The Hall–Kier alpha value is -1.43. The van der Waals surface area contributed by atoms with E-state index < -0.39 is 16.3 Å². The molecule has 3 aliphatic rings. The van der Waals surface area contributed by atoms with E-state index in [1.165, 1.54) is 19.9 Å². The summed E-state index contributed by atoms with van der Waals surface area (Å²) >= 11 is 0. The zero-order valence-electron chi connectivity index (χ0n) is 21.1. The first kappa shape index (κ1) is 27.2. The summed E-state index contributed by atoms with van der Waals surface area (Å²) in [5, 5.41) is 3.04. The molecule has 0 unspecified atom stereocenters. The average Bonchev–Trinajstić information content (AvgIpc) is 2.81. The zero-order valence-corrected chi connectivity index (χ0v) is 21.9. The fourth-order valence-electron chi connectivity index (χ4n) is 5.48. The number of carbonyl (C=O) groups is 2. The van der Waals surface area contributed by atoms with Crippen LogP contribution in [0.1, 0.15) is 46.5 Å². The largest absolute Gasteiger partial charge is 0.450 e. The third-order valence-corrected chi connectivity index (χ3v) is 9.07. The third-order valence-electron chi connectivity index (χ3n) is 7.07. The average molecular weight is 502 g/mol. The van der Waals surface area contributed by atoms with E-state index in [9.17, 15) is 18.0 Å². The van der Waals surface area contributed by atoms with Crippen LogP contribution >= 0.6 is 0 Å². The summed E-state index contributed by atoms with van der Waals surface area (Å²) in [6.45, 7) is 12.2. The SMILES string of the molecule is CCOC(=O)N1CCN(S(=O)(=O)N2CCC[C@H](C(=O)NCCCN3C[C@H](C)C[C@H](C)C3)C2)CC1. The summed E-state index contributed by atoms with van der Waals surface area (Å²) in [6, 6.07) is 0. The lowest BCUT2D eigenvalue weighted by Gasteiger charge is -2.38. The fourth-order valence-corrected chi connectivity index (χ4v) is 7.16. The Morgan fingerprint density at radius 3 is 2.29 bits per heavy atom. The van der Waals surface area contributed by atoms with Crippen molar-refractivity contribution in [2.75, 3.05) is 72.1 Å². The van der Waals surface area contributed by atoms with Crippen LogP contribution in [0.25, 0.3) is 0 Å². The molecule has 0 radical (unpaired) electrons. The molecule has 3 fully saturated rings. The van der Waals surface area contributed by atoms with Crippen LogP contribution in [-0.4, -0.2) is 111 Å². The molecule has 3 heterocycles. The molecule has 196 valence electrons. The van der Waals surface area contributed by atoms with Crippen LogP contribution in [0.4, 0.5) is 4.79 Å². The number of carbonyl (C=O) groups excluding carboxylic acids is 2. The standard InChI is InChI=1S/C23H43N5O5S/c1-4-33-23(30)26-11-13-27(14-12-26)34(31,32)28-10-5-7-21(18-28)22(29)24-8-6-9-25-16-19(2)15-20(3)17-25/h19-21H,4-18H2,1-3H3,(H,24,29)/t19-,20+,21-/m0/s1. The summed E-state index contributed by atoms with van der Waals surface area (Å²) < 4.78 is 34.2. The molecule has 0 aromatic carbocycles. The smallest absolute Gasteiger partial charge is 0.409 e. The molecule has 2 amide bonds. The van der Waals surface area contributed by atoms with Gasteiger partial charge in [-0.25, -0.2) is 4.79 Å². The van der Waals surface area contributed by atoms with Gasteiger partial charge < -0.3 is 19.9 Å². The van der Waals surface area contributed by atoms with Gasteiger partial charge in [0.05, 0.1) is 12.5 Å². The van der Waals surface area contributed by atoms with Crippen LogP contribution in [0.15, 0.2) is 0 Å². The molecule has 11 heteroatoms. The van der Waals surface area contributed by atoms with Crippen molar-refractivity contribution in [1.29, 1.82) is 0 Å². The van der Waals surface area contributed by atoms with Gasteiger partial charge in [0.25, 0.3) is 10.2 Å². The van der Waals surface area contributed by atoms with E-state index in [0.29, 0.717) is 45.6 Å². The van der Waals surface area contributed by atoms with Crippen molar-refractivity contribution in [3.8, 4) is 0 Å². The van der Waals surface area contributed by atoms with Gasteiger partial charge in [0.15, 0.2) is 0 Å². The van der Waals surface area contributed by atoms with E-state index in [2.05, 4.69) is 24.1 Å². The van der Waals surface area contributed by atoms with Gasteiger partial charge in [0.1, 0.15) is 0 Å². The normalized spacial score (nSPS) is 28.0. The van der Waals surface area contributed by atoms with E-state index in [4.69, 9.17) is 4.74 Å². The minimum absolute atomic E-state index is 0.0487. The summed E-state index contributed by atoms with van der Waals surface area (Å²) in [5.74, 6) is 1.08. The van der Waals surface area contributed by atoms with Crippen LogP contribution in [0.5, 0.6) is 0 Å². The van der Waals surface area contributed by atoms with E-state index in [1.54, 1.807) is 6.92 Å². The Kier molecular flexibility index (Phi) is 9.99. The van der Waals surface area contributed by atoms with Crippen LogP contribution in [0.2, 0.25) is 0 Å². The van der Waals surface area contributed by atoms with Crippen LogP contribution in [0, 0.1) is 17.8 Å². The predicted molar refractivity (Wildman–Crippen MR) is 130 cm³/mol. The molecule has 1 N–H and O–H groups in total. The van der Waals surface area contributed by atoms with Crippen molar-refractivity contribution >= 4 is 22.2 Å². The molecule has 3 rings (SSSR count). The van der Waals surface area contributed by atoms with Gasteiger partial charge in [0.2, 0.25) is 5.91 Å². The number of nitrogens with zero attached hydrogens (tertiary/aromatic N) is 4. The molecule has 0 aromatic heterocycles. The van der Waals surface area contributed by atoms with Gasteiger partial charge in [-0.15, -0.1) is 0 Å². The summed E-state index contributed by atoms with van der Waals surface area (Å²) in [6.07, 6.45) is 3.16. The number of hydrogen-bond donors (Lipinski definition) is 1. The van der Waals surface area contributed by atoms with Crippen LogP contribution < -0.4 is 5.32 Å². The zero-order chi connectivity index (χ0) is 24.7. The Bertz CT molecular complexity index is 777. The monoisotopic (exact) mass is 501 g/mol.